The molecule has 0 aromatic heterocycles. The molecule has 0 aromatic carbocycles. The first-order valence-electron chi connectivity index (χ1n) is 7.33. The fraction of sp³-hybridized carbons (Fsp3) is 1.00. The van der Waals surface area contributed by atoms with Gasteiger partial charge in [0.25, 0.3) is 0 Å². The Morgan fingerprint density at radius 2 is 2.12 bits per heavy atom. The van der Waals surface area contributed by atoms with Crippen LogP contribution in [-0.2, 0) is 0 Å². The van der Waals surface area contributed by atoms with Gasteiger partial charge in [0.1, 0.15) is 0 Å². The van der Waals surface area contributed by atoms with E-state index >= 15 is 0 Å². The van der Waals surface area contributed by atoms with E-state index in [0.29, 0.717) is 5.54 Å². The zero-order valence-electron chi connectivity index (χ0n) is 10.9. The van der Waals surface area contributed by atoms with Crippen LogP contribution in [0.1, 0.15) is 64.7 Å². The molecule has 2 N–H and O–H groups in total. The molecule has 2 nitrogen and oxygen atoms in total. The van der Waals surface area contributed by atoms with E-state index in [1.165, 1.54) is 70.9 Å². The highest BCUT2D eigenvalue weighted by Crippen LogP contribution is 2.34. The van der Waals surface area contributed by atoms with Crippen LogP contribution in [0.4, 0.5) is 0 Å². The summed E-state index contributed by atoms with van der Waals surface area (Å²) in [6.07, 6.45) is 12.5. The van der Waals surface area contributed by atoms with Gasteiger partial charge in [-0.3, -0.25) is 0 Å². The number of hydrogen-bond donors (Lipinski definition) is 2. The molecular weight excluding hydrogens is 196 g/mol. The second-order valence-corrected chi connectivity index (χ2v) is 5.70. The Morgan fingerprint density at radius 1 is 1.25 bits per heavy atom. The quantitative estimate of drug-likeness (QED) is 0.678. The van der Waals surface area contributed by atoms with Crippen LogP contribution in [0, 0.1) is 0 Å². The lowest BCUT2D eigenvalue weighted by atomic mass is 9.75. The van der Waals surface area contributed by atoms with Crippen molar-refractivity contribution in [2.75, 3.05) is 13.1 Å². The highest BCUT2D eigenvalue weighted by Gasteiger charge is 2.33. The third kappa shape index (κ3) is 3.21. The highest BCUT2D eigenvalue weighted by molar-refractivity contribution is 4.94. The summed E-state index contributed by atoms with van der Waals surface area (Å²) >= 11 is 0. The van der Waals surface area contributed by atoms with E-state index in [-0.39, 0.29) is 0 Å². The molecule has 0 aromatic rings. The summed E-state index contributed by atoms with van der Waals surface area (Å²) < 4.78 is 0. The fourth-order valence-corrected chi connectivity index (χ4v) is 3.13. The molecule has 1 saturated carbocycles. The molecular formula is C14H28N2. The number of hydrogen-bond acceptors (Lipinski definition) is 2. The lowest BCUT2D eigenvalue weighted by Gasteiger charge is -2.42. The van der Waals surface area contributed by atoms with Crippen molar-refractivity contribution in [3.05, 3.63) is 0 Å². The average molecular weight is 224 g/mol. The Morgan fingerprint density at radius 3 is 2.69 bits per heavy atom. The van der Waals surface area contributed by atoms with Gasteiger partial charge in [0.15, 0.2) is 0 Å². The zero-order valence-corrected chi connectivity index (χ0v) is 10.9. The first kappa shape index (κ1) is 12.4. The minimum atomic E-state index is 0.542. The smallest absolute Gasteiger partial charge is 0.0178 e. The second kappa shape index (κ2) is 6.02. The van der Waals surface area contributed by atoms with Crippen molar-refractivity contribution in [2.24, 2.45) is 0 Å². The van der Waals surface area contributed by atoms with Crippen LogP contribution in [-0.4, -0.2) is 24.7 Å². The first-order chi connectivity index (χ1) is 7.85. The van der Waals surface area contributed by atoms with E-state index in [1.807, 2.05) is 0 Å². The Labute approximate surface area is 101 Å². The monoisotopic (exact) mass is 224 g/mol. The molecule has 2 rings (SSSR count). The van der Waals surface area contributed by atoms with Gasteiger partial charge in [-0.15, -0.1) is 0 Å². The van der Waals surface area contributed by atoms with Crippen molar-refractivity contribution in [3.63, 3.8) is 0 Å². The molecule has 2 fully saturated rings. The summed E-state index contributed by atoms with van der Waals surface area (Å²) in [6, 6.07) is 0.814. The van der Waals surface area contributed by atoms with Gasteiger partial charge < -0.3 is 10.6 Å². The molecule has 1 atom stereocenters. The molecule has 1 unspecified atom stereocenters. The number of piperidine rings is 1. The van der Waals surface area contributed by atoms with Crippen molar-refractivity contribution >= 4 is 0 Å². The molecule has 2 aliphatic rings. The summed E-state index contributed by atoms with van der Waals surface area (Å²) in [7, 11) is 0. The Kier molecular flexibility index (Phi) is 4.66. The molecule has 16 heavy (non-hydrogen) atoms. The summed E-state index contributed by atoms with van der Waals surface area (Å²) in [5.74, 6) is 0. The number of rotatable bonds is 6. The second-order valence-electron chi connectivity index (χ2n) is 5.70. The van der Waals surface area contributed by atoms with Crippen LogP contribution >= 0.6 is 0 Å². The minimum Gasteiger partial charge on any atom is -0.314 e. The van der Waals surface area contributed by atoms with Gasteiger partial charge >= 0.3 is 0 Å². The average Bonchev–Trinajstić information content (AvgIpc) is 2.29. The van der Waals surface area contributed by atoms with Gasteiger partial charge in [0.2, 0.25) is 0 Å². The molecule has 1 aliphatic carbocycles. The molecule has 0 amide bonds. The Bertz CT molecular complexity index is 187. The Balaban J connectivity index is 1.54. The van der Waals surface area contributed by atoms with E-state index in [9.17, 15) is 0 Å². The molecule has 1 saturated heterocycles. The predicted molar refractivity (Wildman–Crippen MR) is 69.8 cm³/mol. The van der Waals surface area contributed by atoms with E-state index in [0.717, 1.165) is 6.04 Å². The topological polar surface area (TPSA) is 24.1 Å². The summed E-state index contributed by atoms with van der Waals surface area (Å²) in [6.45, 7) is 4.80. The van der Waals surface area contributed by atoms with Crippen LogP contribution in [0.3, 0.4) is 0 Å². The summed E-state index contributed by atoms with van der Waals surface area (Å²) in [4.78, 5) is 0. The first-order valence-corrected chi connectivity index (χ1v) is 7.33. The van der Waals surface area contributed by atoms with Gasteiger partial charge in [-0.05, 0) is 64.5 Å². The normalized spacial score (nSPS) is 28.7. The molecule has 0 radical (unpaired) electrons. The van der Waals surface area contributed by atoms with Crippen molar-refractivity contribution in [2.45, 2.75) is 76.3 Å². The maximum Gasteiger partial charge on any atom is 0.0178 e. The van der Waals surface area contributed by atoms with Crippen LogP contribution in [0.15, 0.2) is 0 Å². The van der Waals surface area contributed by atoms with E-state index in [2.05, 4.69) is 17.6 Å². The SMILES string of the molecule is CCC1(NCCCC2CCCCN2)CCC1. The van der Waals surface area contributed by atoms with Crippen molar-refractivity contribution in [1.29, 1.82) is 0 Å². The molecule has 2 heteroatoms. The summed E-state index contributed by atoms with van der Waals surface area (Å²) in [5.41, 5.74) is 0.542. The molecule has 94 valence electrons. The van der Waals surface area contributed by atoms with Gasteiger partial charge in [-0.25, -0.2) is 0 Å². The lowest BCUT2D eigenvalue weighted by Crippen LogP contribution is -2.50. The molecule has 0 bridgehead atoms. The van der Waals surface area contributed by atoms with E-state index < -0.39 is 0 Å². The maximum absolute atomic E-state index is 3.79. The van der Waals surface area contributed by atoms with Gasteiger partial charge in [0.05, 0.1) is 0 Å². The van der Waals surface area contributed by atoms with Crippen LogP contribution in [0.25, 0.3) is 0 Å². The Hall–Kier alpha value is -0.0800. The van der Waals surface area contributed by atoms with Gasteiger partial charge in [0, 0.05) is 11.6 Å². The zero-order chi connectivity index (χ0) is 11.3. The van der Waals surface area contributed by atoms with Crippen molar-refractivity contribution < 1.29 is 0 Å². The van der Waals surface area contributed by atoms with Crippen molar-refractivity contribution in [3.8, 4) is 0 Å². The van der Waals surface area contributed by atoms with E-state index in [1.54, 1.807) is 0 Å². The van der Waals surface area contributed by atoms with Crippen LogP contribution in [0.5, 0.6) is 0 Å². The molecule has 1 aliphatic heterocycles. The lowest BCUT2D eigenvalue weighted by molar-refractivity contribution is 0.176. The highest BCUT2D eigenvalue weighted by atomic mass is 15.0. The minimum absolute atomic E-state index is 0.542. The van der Waals surface area contributed by atoms with Crippen LogP contribution < -0.4 is 10.6 Å². The standard InChI is InChI=1S/C14H28N2/c1-2-14(9-6-10-14)16-12-5-8-13-7-3-4-11-15-13/h13,15-16H,2-12H2,1H3. The third-order valence-electron chi connectivity index (χ3n) is 4.63. The third-order valence-corrected chi connectivity index (χ3v) is 4.63. The molecule has 1 heterocycles. The predicted octanol–water partition coefficient (Wildman–Crippen LogP) is 2.83. The van der Waals surface area contributed by atoms with Crippen LogP contribution in [0.2, 0.25) is 0 Å². The number of nitrogens with one attached hydrogen (secondary N) is 2. The van der Waals surface area contributed by atoms with Crippen molar-refractivity contribution in [1.82, 2.24) is 10.6 Å². The largest absolute Gasteiger partial charge is 0.314 e. The van der Waals surface area contributed by atoms with Gasteiger partial charge in [-0.2, -0.15) is 0 Å². The summed E-state index contributed by atoms with van der Waals surface area (Å²) in [5, 5.41) is 7.42. The fourth-order valence-electron chi connectivity index (χ4n) is 3.13. The van der Waals surface area contributed by atoms with E-state index in [4.69, 9.17) is 0 Å². The molecule has 0 spiro atoms. The van der Waals surface area contributed by atoms with Gasteiger partial charge in [-0.1, -0.05) is 13.3 Å². The maximum atomic E-state index is 3.79.